The number of aliphatic hydroxyl groups excluding tert-OH is 1. The molecule has 0 saturated carbocycles. The Bertz CT molecular complexity index is 531. The molecule has 2 N–H and O–H groups in total. The molecule has 0 atom stereocenters. The summed E-state index contributed by atoms with van der Waals surface area (Å²) in [5, 5.41) is 15.1. The number of carbonyl (C=O) groups excluding carboxylic acids is 1. The van der Waals surface area contributed by atoms with Crippen LogP contribution in [0.1, 0.15) is 53.2 Å². The number of amides is 1. The maximum atomic E-state index is 10.1. The van der Waals surface area contributed by atoms with Crippen molar-refractivity contribution in [1.82, 2.24) is 10.1 Å². The second kappa shape index (κ2) is 10.0. The van der Waals surface area contributed by atoms with Gasteiger partial charge in [0, 0.05) is 36.8 Å². The van der Waals surface area contributed by atoms with Crippen molar-refractivity contribution in [3.8, 4) is 0 Å². The van der Waals surface area contributed by atoms with E-state index in [9.17, 15) is 4.79 Å². The average Bonchev–Trinajstić information content (AvgIpc) is 3.05. The zero-order valence-corrected chi connectivity index (χ0v) is 17.0. The molecule has 1 aromatic rings. The topological polar surface area (TPSA) is 87.8 Å². The van der Waals surface area contributed by atoms with Crippen molar-refractivity contribution < 1.29 is 19.2 Å². The minimum absolute atomic E-state index is 0.0277. The number of aliphatic hydroxyl groups is 1. The number of nitrogens with one attached hydrogen (secondary N) is 1. The maximum Gasteiger partial charge on any atom is 0.231 e. The van der Waals surface area contributed by atoms with Gasteiger partial charge in [-0.25, -0.2) is 0 Å². The normalized spacial score (nSPS) is 16.2. The highest BCUT2D eigenvalue weighted by atomic mass is 16.5. The summed E-state index contributed by atoms with van der Waals surface area (Å²) in [6.45, 7) is 13.6. The van der Waals surface area contributed by atoms with Gasteiger partial charge in [-0.3, -0.25) is 10.1 Å². The Morgan fingerprint density at radius 1 is 1.31 bits per heavy atom. The second-order valence-electron chi connectivity index (χ2n) is 8.49. The quantitative estimate of drug-likeness (QED) is 0.750. The molecule has 2 heterocycles. The molecule has 1 amide bonds. The van der Waals surface area contributed by atoms with Gasteiger partial charge in [-0.2, -0.15) is 0 Å². The Balaban J connectivity index is 0.000000260. The van der Waals surface area contributed by atoms with Gasteiger partial charge in [-0.15, -0.1) is 0 Å². The van der Waals surface area contributed by atoms with Crippen LogP contribution >= 0.6 is 0 Å². The lowest BCUT2D eigenvalue weighted by atomic mass is 9.91. The third-order valence-corrected chi connectivity index (χ3v) is 4.82. The molecule has 1 fully saturated rings. The molecule has 1 aromatic heterocycles. The number of anilines is 1. The molecule has 1 saturated heterocycles. The Kier molecular flexibility index (Phi) is 8.73. The number of carbonyl (C=O) groups is 1. The SMILES string of the molecule is CC(C)(CO)c1cc(NC=O)on1.CN(CC1CCOCC1)C(C)(C)C. The van der Waals surface area contributed by atoms with Crippen LogP contribution in [0.5, 0.6) is 0 Å². The van der Waals surface area contributed by atoms with Crippen molar-refractivity contribution in [2.75, 3.05) is 38.7 Å². The van der Waals surface area contributed by atoms with Crippen LogP contribution in [0.4, 0.5) is 5.88 Å². The van der Waals surface area contributed by atoms with Crippen LogP contribution < -0.4 is 5.32 Å². The Morgan fingerprint density at radius 2 is 1.92 bits per heavy atom. The molecule has 26 heavy (non-hydrogen) atoms. The van der Waals surface area contributed by atoms with E-state index in [1.54, 1.807) is 6.07 Å². The zero-order chi connectivity index (χ0) is 19.8. The third-order valence-electron chi connectivity index (χ3n) is 4.82. The summed E-state index contributed by atoms with van der Waals surface area (Å²) in [6, 6.07) is 1.59. The van der Waals surface area contributed by atoms with Gasteiger partial charge in [-0.1, -0.05) is 19.0 Å². The van der Waals surface area contributed by atoms with E-state index in [1.807, 2.05) is 13.8 Å². The lowest BCUT2D eigenvalue weighted by Crippen LogP contribution is -2.42. The first-order valence-electron chi connectivity index (χ1n) is 9.17. The number of nitrogens with zero attached hydrogens (tertiary/aromatic N) is 2. The molecule has 1 aliphatic heterocycles. The molecule has 7 nitrogen and oxygen atoms in total. The molecule has 0 aliphatic carbocycles. The van der Waals surface area contributed by atoms with E-state index in [4.69, 9.17) is 14.4 Å². The van der Waals surface area contributed by atoms with E-state index < -0.39 is 5.41 Å². The van der Waals surface area contributed by atoms with E-state index in [0.717, 1.165) is 19.1 Å². The van der Waals surface area contributed by atoms with Gasteiger partial charge in [0.1, 0.15) is 0 Å². The summed E-state index contributed by atoms with van der Waals surface area (Å²) in [5.74, 6) is 1.13. The van der Waals surface area contributed by atoms with E-state index in [2.05, 4.69) is 43.2 Å². The summed E-state index contributed by atoms with van der Waals surface area (Å²) < 4.78 is 10.1. The summed E-state index contributed by atoms with van der Waals surface area (Å²) >= 11 is 0. The standard InChI is InChI=1S/C11H23NO.C8H12N2O3/c1-11(2,3)12(4)9-10-5-7-13-8-6-10;1-8(2,4-11)6-3-7(9-5-12)13-10-6/h10H,5-9H2,1-4H3;3,5,11H,4H2,1-2H3,(H,9,12). The van der Waals surface area contributed by atoms with Gasteiger partial charge in [0.2, 0.25) is 12.3 Å². The van der Waals surface area contributed by atoms with E-state index in [0.29, 0.717) is 17.6 Å². The third kappa shape index (κ3) is 7.43. The monoisotopic (exact) mass is 369 g/mol. The number of hydrogen-bond acceptors (Lipinski definition) is 6. The largest absolute Gasteiger partial charge is 0.395 e. The number of aromatic nitrogens is 1. The van der Waals surface area contributed by atoms with Crippen LogP contribution in [0.2, 0.25) is 0 Å². The van der Waals surface area contributed by atoms with Crippen molar-refractivity contribution >= 4 is 12.3 Å². The smallest absolute Gasteiger partial charge is 0.231 e. The van der Waals surface area contributed by atoms with Crippen molar-refractivity contribution in [2.45, 2.75) is 58.4 Å². The Hall–Kier alpha value is -1.44. The summed E-state index contributed by atoms with van der Waals surface area (Å²) in [7, 11) is 2.22. The van der Waals surface area contributed by atoms with E-state index in [1.165, 1.54) is 19.4 Å². The van der Waals surface area contributed by atoms with Crippen molar-refractivity contribution in [3.05, 3.63) is 11.8 Å². The van der Waals surface area contributed by atoms with Crippen molar-refractivity contribution in [3.63, 3.8) is 0 Å². The van der Waals surface area contributed by atoms with Crippen LogP contribution in [0.25, 0.3) is 0 Å². The highest BCUT2D eigenvalue weighted by Gasteiger charge is 2.24. The van der Waals surface area contributed by atoms with Crippen LogP contribution in [0, 0.1) is 5.92 Å². The fraction of sp³-hybridized carbons (Fsp3) is 0.789. The van der Waals surface area contributed by atoms with Gasteiger partial charge >= 0.3 is 0 Å². The molecule has 1 aliphatic rings. The molecule has 0 bridgehead atoms. The van der Waals surface area contributed by atoms with E-state index in [-0.39, 0.29) is 12.5 Å². The molecule has 0 aromatic carbocycles. The number of rotatable bonds is 6. The fourth-order valence-corrected chi connectivity index (χ4v) is 2.39. The molecule has 2 rings (SSSR count). The van der Waals surface area contributed by atoms with Crippen LogP contribution in [0.3, 0.4) is 0 Å². The summed E-state index contributed by atoms with van der Waals surface area (Å²) in [5.41, 5.74) is 0.462. The first kappa shape index (κ1) is 22.6. The minimum atomic E-state index is -0.452. The molecule has 150 valence electrons. The first-order valence-corrected chi connectivity index (χ1v) is 9.17. The molecule has 7 heteroatoms. The molecule has 0 spiro atoms. The van der Waals surface area contributed by atoms with Gasteiger partial charge in [0.05, 0.1) is 12.3 Å². The highest BCUT2D eigenvalue weighted by molar-refractivity contribution is 5.67. The molecule has 0 unspecified atom stereocenters. The predicted molar refractivity (Wildman–Crippen MR) is 102 cm³/mol. The Morgan fingerprint density at radius 3 is 2.42 bits per heavy atom. The van der Waals surface area contributed by atoms with Gasteiger partial charge in [-0.05, 0) is 46.6 Å². The van der Waals surface area contributed by atoms with Crippen molar-refractivity contribution in [1.29, 1.82) is 0 Å². The molecular formula is C19H35N3O4. The maximum absolute atomic E-state index is 10.1. The predicted octanol–water partition coefficient (Wildman–Crippen LogP) is 2.66. The van der Waals surface area contributed by atoms with Crippen LogP contribution in [-0.4, -0.2) is 60.5 Å². The lowest BCUT2D eigenvalue weighted by molar-refractivity contribution is -0.105. The van der Waals surface area contributed by atoms with Gasteiger partial charge in [0.25, 0.3) is 0 Å². The van der Waals surface area contributed by atoms with Crippen molar-refractivity contribution in [2.24, 2.45) is 5.92 Å². The molecule has 0 radical (unpaired) electrons. The van der Waals surface area contributed by atoms with Gasteiger partial charge < -0.3 is 19.3 Å². The average molecular weight is 370 g/mol. The summed E-state index contributed by atoms with van der Waals surface area (Å²) in [6.07, 6.45) is 2.98. The lowest BCUT2D eigenvalue weighted by Gasteiger charge is -2.36. The zero-order valence-electron chi connectivity index (χ0n) is 17.0. The second-order valence-corrected chi connectivity index (χ2v) is 8.49. The Labute approximate surface area is 157 Å². The first-order chi connectivity index (χ1) is 12.1. The fourth-order valence-electron chi connectivity index (χ4n) is 2.39. The summed E-state index contributed by atoms with van der Waals surface area (Å²) in [4.78, 5) is 12.5. The van der Waals surface area contributed by atoms with Crippen LogP contribution in [0.15, 0.2) is 10.6 Å². The highest BCUT2D eigenvalue weighted by Crippen LogP contribution is 2.23. The molecular weight excluding hydrogens is 334 g/mol. The van der Waals surface area contributed by atoms with E-state index >= 15 is 0 Å². The minimum Gasteiger partial charge on any atom is -0.395 e. The van der Waals surface area contributed by atoms with Gasteiger partial charge in [0.15, 0.2) is 0 Å². The number of hydrogen-bond donors (Lipinski definition) is 2. The number of ether oxygens (including phenoxy) is 1. The van der Waals surface area contributed by atoms with Crippen LogP contribution in [-0.2, 0) is 14.9 Å².